The fraction of sp³-hybridized carbons (Fsp3) is 0.545. The molecule has 0 saturated heterocycles. The Morgan fingerprint density at radius 1 is 1.18 bits per heavy atom. The Morgan fingerprint density at radius 3 is 2.61 bits per heavy atom. The third kappa shape index (κ3) is 2.52. The quantitative estimate of drug-likeness (QED) is 0.873. The van der Waals surface area contributed by atoms with Gasteiger partial charge < -0.3 is 10.6 Å². The van der Waals surface area contributed by atoms with Gasteiger partial charge in [0.25, 0.3) is 0 Å². The number of rotatable bonds is 3. The normalized spacial score (nSPS) is 27.8. The average molecular weight is 376 g/mol. The van der Waals surface area contributed by atoms with E-state index >= 15 is 0 Å². The number of fused-ring (bicyclic) bond motifs is 1. The number of primary amides is 1. The summed E-state index contributed by atoms with van der Waals surface area (Å²) in [4.78, 5) is 28.0. The summed E-state index contributed by atoms with van der Waals surface area (Å²) in [6.45, 7) is 0.962. The van der Waals surface area contributed by atoms with Gasteiger partial charge in [-0.3, -0.25) is 9.59 Å². The first-order valence-electron chi connectivity index (χ1n) is 10.00. The molecule has 6 nitrogen and oxygen atoms in total. The number of amides is 2. The van der Waals surface area contributed by atoms with Crippen molar-refractivity contribution in [1.82, 2.24) is 4.90 Å². The molecule has 0 spiro atoms. The van der Waals surface area contributed by atoms with Crippen LogP contribution in [0.3, 0.4) is 0 Å². The van der Waals surface area contributed by atoms with E-state index in [1.54, 1.807) is 11.0 Å². The number of nitrogens with two attached hydrogens (primary N) is 1. The van der Waals surface area contributed by atoms with Crippen molar-refractivity contribution in [2.45, 2.75) is 51.5 Å². The smallest absolute Gasteiger partial charge is 0.227 e. The average Bonchev–Trinajstić information content (AvgIpc) is 3.53. The summed E-state index contributed by atoms with van der Waals surface area (Å²) in [6.07, 6.45) is 4.74. The second kappa shape index (κ2) is 6.63. The number of carbonyl (C=O) groups excluding carboxylic acids is 2. The summed E-state index contributed by atoms with van der Waals surface area (Å²) in [5.41, 5.74) is 6.71. The van der Waals surface area contributed by atoms with Crippen LogP contribution in [0.2, 0.25) is 0 Å². The van der Waals surface area contributed by atoms with Crippen LogP contribution in [-0.2, 0) is 22.6 Å². The lowest BCUT2D eigenvalue weighted by molar-refractivity contribution is -0.154. The van der Waals surface area contributed by atoms with Gasteiger partial charge in [0, 0.05) is 13.1 Å². The van der Waals surface area contributed by atoms with Crippen LogP contribution in [0, 0.1) is 39.4 Å². The lowest BCUT2D eigenvalue weighted by Crippen LogP contribution is -2.56. The Balaban J connectivity index is 1.66. The van der Waals surface area contributed by atoms with Gasteiger partial charge in [-0.1, -0.05) is 25.0 Å². The van der Waals surface area contributed by atoms with E-state index in [2.05, 4.69) is 12.1 Å². The zero-order chi connectivity index (χ0) is 19.9. The number of hydrogen-bond donors (Lipinski definition) is 1. The maximum atomic E-state index is 13.6. The van der Waals surface area contributed by atoms with Crippen molar-refractivity contribution in [1.29, 1.82) is 10.5 Å². The van der Waals surface area contributed by atoms with Gasteiger partial charge in [-0.25, -0.2) is 0 Å². The minimum atomic E-state index is -1.05. The van der Waals surface area contributed by atoms with Crippen LogP contribution in [0.5, 0.6) is 0 Å². The van der Waals surface area contributed by atoms with E-state index in [1.807, 2.05) is 12.1 Å². The van der Waals surface area contributed by atoms with Gasteiger partial charge in [-0.05, 0) is 49.3 Å². The molecule has 1 heterocycles. The van der Waals surface area contributed by atoms with Crippen molar-refractivity contribution >= 4 is 11.8 Å². The summed E-state index contributed by atoms with van der Waals surface area (Å²) < 4.78 is 0. The third-order valence-electron chi connectivity index (χ3n) is 7.16. The molecule has 1 aliphatic heterocycles. The van der Waals surface area contributed by atoms with Crippen molar-refractivity contribution in [3.8, 4) is 12.1 Å². The zero-order valence-electron chi connectivity index (χ0n) is 15.9. The van der Waals surface area contributed by atoms with Crippen molar-refractivity contribution in [2.75, 3.05) is 6.54 Å². The first-order valence-corrected chi connectivity index (χ1v) is 10.00. The van der Waals surface area contributed by atoms with E-state index in [0.29, 0.717) is 50.8 Å². The maximum absolute atomic E-state index is 13.6. The van der Waals surface area contributed by atoms with Crippen LogP contribution in [0.1, 0.15) is 55.2 Å². The zero-order valence-corrected chi connectivity index (χ0v) is 15.9. The molecule has 3 aliphatic rings. The predicted molar refractivity (Wildman–Crippen MR) is 101 cm³/mol. The van der Waals surface area contributed by atoms with E-state index in [9.17, 15) is 20.1 Å². The Bertz CT molecular complexity index is 921. The largest absolute Gasteiger partial charge is 0.369 e. The predicted octanol–water partition coefficient (Wildman–Crippen LogP) is 2.41. The van der Waals surface area contributed by atoms with Gasteiger partial charge in [-0.15, -0.1) is 0 Å². The third-order valence-corrected chi connectivity index (χ3v) is 7.16. The second-order valence-electron chi connectivity index (χ2n) is 8.39. The molecule has 144 valence electrons. The van der Waals surface area contributed by atoms with Gasteiger partial charge in [0.1, 0.15) is 0 Å². The molecule has 2 amide bonds. The molecular formula is C22H24N4O2. The first-order chi connectivity index (χ1) is 13.5. The highest BCUT2D eigenvalue weighted by Gasteiger charge is 2.68. The van der Waals surface area contributed by atoms with Crippen LogP contribution < -0.4 is 5.73 Å². The molecule has 2 unspecified atom stereocenters. The van der Waals surface area contributed by atoms with E-state index < -0.39 is 22.7 Å². The minimum Gasteiger partial charge on any atom is -0.369 e. The van der Waals surface area contributed by atoms with Crippen LogP contribution in [0.25, 0.3) is 0 Å². The molecule has 6 heteroatoms. The molecule has 2 N–H and O–H groups in total. The lowest BCUT2D eigenvalue weighted by Gasteiger charge is -2.46. The Morgan fingerprint density at radius 2 is 1.96 bits per heavy atom. The Labute approximate surface area is 164 Å². The molecule has 28 heavy (non-hydrogen) atoms. The molecule has 0 aromatic heterocycles. The Hall–Kier alpha value is -2.86. The topological polar surface area (TPSA) is 111 Å². The van der Waals surface area contributed by atoms with Gasteiger partial charge >= 0.3 is 0 Å². The number of benzene rings is 1. The summed E-state index contributed by atoms with van der Waals surface area (Å²) in [7, 11) is 0. The highest BCUT2D eigenvalue weighted by molar-refractivity contribution is 5.92. The molecule has 2 aliphatic carbocycles. The van der Waals surface area contributed by atoms with E-state index in [-0.39, 0.29) is 5.91 Å². The van der Waals surface area contributed by atoms with Crippen LogP contribution >= 0.6 is 0 Å². The molecule has 0 bridgehead atoms. The van der Waals surface area contributed by atoms with Crippen LogP contribution in [0.4, 0.5) is 0 Å². The Kier molecular flexibility index (Phi) is 4.38. The molecule has 0 radical (unpaired) electrons. The fourth-order valence-corrected chi connectivity index (χ4v) is 5.52. The molecule has 1 aromatic carbocycles. The molecule has 2 atom stereocenters. The number of nitriles is 2. The standard InChI is InChI=1S/C22H24N4O2/c23-12-15-4-3-5-16-13-26(11-7-17(15)16)19(27)18-6-1-2-8-22(18,20(25)28)21(14-24)9-10-21/h3-5,18H,1-2,6-11,13H2,(H2,25,28). The van der Waals surface area contributed by atoms with Crippen LogP contribution in [-0.4, -0.2) is 23.3 Å². The fourth-order valence-electron chi connectivity index (χ4n) is 5.52. The van der Waals surface area contributed by atoms with Gasteiger partial charge in [0.05, 0.1) is 34.4 Å². The summed E-state index contributed by atoms with van der Waals surface area (Å²) in [5.74, 6) is -1.08. The molecule has 2 saturated carbocycles. The monoisotopic (exact) mass is 376 g/mol. The molecular weight excluding hydrogens is 352 g/mol. The van der Waals surface area contributed by atoms with Crippen molar-refractivity contribution in [2.24, 2.45) is 22.5 Å². The maximum Gasteiger partial charge on any atom is 0.227 e. The molecule has 1 aromatic rings. The van der Waals surface area contributed by atoms with E-state index in [4.69, 9.17) is 5.73 Å². The van der Waals surface area contributed by atoms with Gasteiger partial charge in [0.15, 0.2) is 0 Å². The van der Waals surface area contributed by atoms with Crippen molar-refractivity contribution < 1.29 is 9.59 Å². The highest BCUT2D eigenvalue weighted by Crippen LogP contribution is 2.65. The summed E-state index contributed by atoms with van der Waals surface area (Å²) >= 11 is 0. The number of hydrogen-bond acceptors (Lipinski definition) is 4. The van der Waals surface area contributed by atoms with Crippen LogP contribution in [0.15, 0.2) is 18.2 Å². The summed E-state index contributed by atoms with van der Waals surface area (Å²) in [6, 6.07) is 10.2. The van der Waals surface area contributed by atoms with E-state index in [0.717, 1.165) is 24.0 Å². The highest BCUT2D eigenvalue weighted by atomic mass is 16.2. The molecule has 2 fully saturated rings. The van der Waals surface area contributed by atoms with Crippen molar-refractivity contribution in [3.63, 3.8) is 0 Å². The summed E-state index contributed by atoms with van der Waals surface area (Å²) in [5, 5.41) is 19.1. The lowest BCUT2D eigenvalue weighted by atomic mass is 9.57. The SMILES string of the molecule is N#Cc1cccc2c1CCN(C(=O)C1CCCCC1(C(N)=O)C1(C#N)CC1)C2. The second-order valence-corrected chi connectivity index (χ2v) is 8.39. The first kappa shape index (κ1) is 18.5. The van der Waals surface area contributed by atoms with Crippen molar-refractivity contribution in [3.05, 3.63) is 34.9 Å². The van der Waals surface area contributed by atoms with E-state index in [1.165, 1.54) is 0 Å². The minimum absolute atomic E-state index is 0.0620. The van der Waals surface area contributed by atoms with Gasteiger partial charge in [-0.2, -0.15) is 10.5 Å². The number of carbonyl (C=O) groups is 2. The number of nitrogens with zero attached hydrogens (tertiary/aromatic N) is 3. The molecule has 4 rings (SSSR count). The van der Waals surface area contributed by atoms with Gasteiger partial charge in [0.2, 0.25) is 11.8 Å².